The number of carbonyl (C=O) groups excluding carboxylic acids is 1. The van der Waals surface area contributed by atoms with E-state index in [-0.39, 0.29) is 12.5 Å². The van der Waals surface area contributed by atoms with Crippen molar-refractivity contribution in [3.05, 3.63) is 41.0 Å². The first-order valence-corrected chi connectivity index (χ1v) is 7.51. The predicted octanol–water partition coefficient (Wildman–Crippen LogP) is 2.96. The van der Waals surface area contributed by atoms with E-state index in [0.29, 0.717) is 23.0 Å². The minimum atomic E-state index is -0.940. The van der Waals surface area contributed by atoms with Crippen LogP contribution in [0.5, 0.6) is 0 Å². The van der Waals surface area contributed by atoms with Crippen LogP contribution in [0.1, 0.15) is 31.3 Å². The summed E-state index contributed by atoms with van der Waals surface area (Å²) in [4.78, 5) is 14.1. The molecule has 5 nitrogen and oxygen atoms in total. The molecule has 0 radical (unpaired) electrons. The molecule has 0 aliphatic heterocycles. The van der Waals surface area contributed by atoms with Crippen LogP contribution in [0, 0.1) is 0 Å². The molecule has 1 aromatic carbocycles. The lowest BCUT2D eigenvalue weighted by molar-refractivity contribution is 0.0311. The third-order valence-corrected chi connectivity index (χ3v) is 3.45. The first kappa shape index (κ1) is 16.5. The molecule has 2 N–H and O–H groups in total. The topological polar surface area (TPSA) is 69.2 Å². The highest BCUT2D eigenvalue weighted by Gasteiger charge is 2.23. The molecule has 0 saturated carbocycles. The molecule has 0 bridgehead atoms. The van der Waals surface area contributed by atoms with Crippen LogP contribution in [0.2, 0.25) is 5.02 Å². The summed E-state index contributed by atoms with van der Waals surface area (Å²) in [7, 11) is 0. The number of H-pyrrole nitrogens is 1. The number of aromatic nitrogens is 2. The highest BCUT2D eigenvalue weighted by atomic mass is 35.5. The molecule has 0 unspecified atom stereocenters. The van der Waals surface area contributed by atoms with Gasteiger partial charge in [-0.15, -0.1) is 0 Å². The number of hydrogen-bond donors (Lipinski definition) is 2. The smallest absolute Gasteiger partial charge is 0.271 e. The number of amides is 1. The maximum Gasteiger partial charge on any atom is 0.271 e. The quantitative estimate of drug-likeness (QED) is 0.889. The molecule has 1 amide bonds. The Balaban J connectivity index is 2.19. The Morgan fingerprint density at radius 1 is 1.36 bits per heavy atom. The van der Waals surface area contributed by atoms with Gasteiger partial charge >= 0.3 is 0 Å². The number of aliphatic hydroxyl groups is 1. The van der Waals surface area contributed by atoms with Crippen molar-refractivity contribution in [1.82, 2.24) is 15.1 Å². The van der Waals surface area contributed by atoms with Gasteiger partial charge in [-0.05, 0) is 39.0 Å². The molecular weight excluding hydrogens is 302 g/mol. The van der Waals surface area contributed by atoms with E-state index in [1.165, 1.54) is 0 Å². The molecule has 2 rings (SSSR count). The average molecular weight is 322 g/mol. The standard InChI is InChI=1S/C16H20ClN3O2/c1-4-20(10-16(2,3)22)15(21)14-9-13(18-19-14)11-5-7-12(17)8-6-11/h5-9,22H,4,10H2,1-3H3,(H,18,19). The lowest BCUT2D eigenvalue weighted by Crippen LogP contribution is -2.42. The zero-order valence-electron chi connectivity index (χ0n) is 12.9. The van der Waals surface area contributed by atoms with Crippen molar-refractivity contribution >= 4 is 17.5 Å². The predicted molar refractivity (Wildman–Crippen MR) is 86.9 cm³/mol. The van der Waals surface area contributed by atoms with Gasteiger partial charge in [0, 0.05) is 23.7 Å². The van der Waals surface area contributed by atoms with Crippen LogP contribution in [0.25, 0.3) is 11.3 Å². The van der Waals surface area contributed by atoms with E-state index >= 15 is 0 Å². The van der Waals surface area contributed by atoms with E-state index in [1.54, 1.807) is 36.9 Å². The Morgan fingerprint density at radius 3 is 2.55 bits per heavy atom. The van der Waals surface area contributed by atoms with Gasteiger partial charge in [0.05, 0.1) is 11.3 Å². The number of carbonyl (C=O) groups is 1. The summed E-state index contributed by atoms with van der Waals surface area (Å²) in [5.41, 5.74) is 1.02. The fraction of sp³-hybridized carbons (Fsp3) is 0.375. The number of benzene rings is 1. The lowest BCUT2D eigenvalue weighted by atomic mass is 10.1. The number of aromatic amines is 1. The van der Waals surface area contributed by atoms with Crippen molar-refractivity contribution in [1.29, 1.82) is 0 Å². The molecule has 2 aromatic rings. The van der Waals surface area contributed by atoms with Crippen molar-refractivity contribution in [3.63, 3.8) is 0 Å². The van der Waals surface area contributed by atoms with E-state index in [4.69, 9.17) is 11.6 Å². The van der Waals surface area contributed by atoms with E-state index in [9.17, 15) is 9.90 Å². The second kappa shape index (κ2) is 6.50. The Kier molecular flexibility index (Phi) is 4.88. The summed E-state index contributed by atoms with van der Waals surface area (Å²) in [6.07, 6.45) is 0. The minimum Gasteiger partial charge on any atom is -0.389 e. The van der Waals surface area contributed by atoms with Gasteiger partial charge in [0.25, 0.3) is 5.91 Å². The van der Waals surface area contributed by atoms with Gasteiger partial charge in [-0.2, -0.15) is 5.10 Å². The molecule has 0 spiro atoms. The normalized spacial score (nSPS) is 11.5. The first-order chi connectivity index (χ1) is 10.3. The number of halogens is 1. The lowest BCUT2D eigenvalue weighted by Gasteiger charge is -2.27. The highest BCUT2D eigenvalue weighted by Crippen LogP contribution is 2.21. The molecule has 1 heterocycles. The Hall–Kier alpha value is -1.85. The van der Waals surface area contributed by atoms with Gasteiger partial charge in [-0.25, -0.2) is 0 Å². The molecule has 0 saturated heterocycles. The van der Waals surface area contributed by atoms with Crippen LogP contribution in [0.4, 0.5) is 0 Å². The number of nitrogens with one attached hydrogen (secondary N) is 1. The summed E-state index contributed by atoms with van der Waals surface area (Å²) in [5.74, 6) is -0.183. The van der Waals surface area contributed by atoms with E-state index in [1.807, 2.05) is 19.1 Å². The Bertz CT molecular complexity index is 644. The third kappa shape index (κ3) is 4.08. The van der Waals surface area contributed by atoms with Gasteiger partial charge in [-0.1, -0.05) is 23.7 Å². The zero-order chi connectivity index (χ0) is 16.3. The number of nitrogens with zero attached hydrogens (tertiary/aromatic N) is 2. The van der Waals surface area contributed by atoms with Crippen molar-refractivity contribution < 1.29 is 9.90 Å². The van der Waals surface area contributed by atoms with Gasteiger partial charge in [-0.3, -0.25) is 9.89 Å². The van der Waals surface area contributed by atoms with Crippen LogP contribution >= 0.6 is 11.6 Å². The van der Waals surface area contributed by atoms with Crippen molar-refractivity contribution in [2.24, 2.45) is 0 Å². The number of hydrogen-bond acceptors (Lipinski definition) is 3. The summed E-state index contributed by atoms with van der Waals surface area (Å²) < 4.78 is 0. The zero-order valence-corrected chi connectivity index (χ0v) is 13.7. The minimum absolute atomic E-state index is 0.183. The van der Waals surface area contributed by atoms with E-state index < -0.39 is 5.60 Å². The Morgan fingerprint density at radius 2 is 2.00 bits per heavy atom. The Labute approximate surface area is 134 Å². The largest absolute Gasteiger partial charge is 0.389 e. The summed E-state index contributed by atoms with van der Waals surface area (Å²) in [6.45, 7) is 6.00. The fourth-order valence-electron chi connectivity index (χ4n) is 2.16. The fourth-order valence-corrected chi connectivity index (χ4v) is 2.29. The van der Waals surface area contributed by atoms with Gasteiger partial charge in [0.15, 0.2) is 0 Å². The average Bonchev–Trinajstić information content (AvgIpc) is 2.93. The number of likely N-dealkylation sites (N-methyl/N-ethyl adjacent to an activating group) is 1. The molecule has 0 fully saturated rings. The maximum absolute atomic E-state index is 12.5. The van der Waals surface area contributed by atoms with Crippen LogP contribution in [0.15, 0.2) is 30.3 Å². The van der Waals surface area contributed by atoms with E-state index in [0.717, 1.165) is 5.56 Å². The molecule has 1 aromatic heterocycles. The van der Waals surface area contributed by atoms with Crippen LogP contribution in [-0.2, 0) is 0 Å². The molecule has 22 heavy (non-hydrogen) atoms. The SMILES string of the molecule is CCN(CC(C)(C)O)C(=O)c1cc(-c2ccc(Cl)cc2)n[nH]1. The van der Waals surface area contributed by atoms with Crippen LogP contribution in [-0.4, -0.2) is 44.8 Å². The maximum atomic E-state index is 12.5. The molecule has 0 atom stereocenters. The summed E-state index contributed by atoms with van der Waals surface area (Å²) >= 11 is 5.86. The summed E-state index contributed by atoms with van der Waals surface area (Å²) in [5, 5.41) is 17.5. The molecule has 0 aliphatic carbocycles. The van der Waals surface area contributed by atoms with Crippen LogP contribution < -0.4 is 0 Å². The van der Waals surface area contributed by atoms with Crippen molar-refractivity contribution in [2.75, 3.05) is 13.1 Å². The number of rotatable bonds is 5. The van der Waals surface area contributed by atoms with Crippen molar-refractivity contribution in [2.45, 2.75) is 26.4 Å². The molecule has 6 heteroatoms. The van der Waals surface area contributed by atoms with Gasteiger partial charge < -0.3 is 10.0 Å². The monoisotopic (exact) mass is 321 g/mol. The van der Waals surface area contributed by atoms with Crippen molar-refractivity contribution in [3.8, 4) is 11.3 Å². The molecular formula is C16H20ClN3O2. The first-order valence-electron chi connectivity index (χ1n) is 7.13. The second-order valence-electron chi connectivity index (χ2n) is 5.81. The second-order valence-corrected chi connectivity index (χ2v) is 6.24. The van der Waals surface area contributed by atoms with E-state index in [2.05, 4.69) is 10.2 Å². The molecule has 0 aliphatic rings. The third-order valence-electron chi connectivity index (χ3n) is 3.19. The summed E-state index contributed by atoms with van der Waals surface area (Å²) in [6, 6.07) is 8.96. The van der Waals surface area contributed by atoms with Gasteiger partial charge in [0.2, 0.25) is 0 Å². The van der Waals surface area contributed by atoms with Gasteiger partial charge in [0.1, 0.15) is 5.69 Å². The molecule has 118 valence electrons. The van der Waals surface area contributed by atoms with Crippen LogP contribution in [0.3, 0.4) is 0 Å². The highest BCUT2D eigenvalue weighted by molar-refractivity contribution is 6.30.